The standard InChI is InChI=1S/C62H117NO18/c1-3-5-7-9-10-11-12-13-14-15-16-17-18-19-20-21-22-23-24-25-26-27-28-29-30-31-32-33-34-36-38-40-50(68)63-45(46(67)39-37-35-8-6-4-2)44-76-60-56(74)53(71)58(48(42-65)78-60)81-62-57(75)54(72)59(49(43-66)79-62)80-61-55(73)52(70)51(69)47(41-64)77-61/h15-16,45-49,51-62,64-67,69-75H,3-14,17-44H2,1-2H3,(H,63,68)/b16-15-. The summed E-state index contributed by atoms with van der Waals surface area (Å²) in [7, 11) is 0. The SMILES string of the molecule is CCCCCCCCCC/C=C\CCCCCCCCCCCCCCCCCCCCCC(=O)NC(COC1OC(CO)C(OC2OC(CO)C(OC3OC(CO)C(O)C(O)C3O)C(O)C2O)C(O)C1O)C(O)CCCCCCC. The van der Waals surface area contributed by atoms with Gasteiger partial charge in [-0.25, -0.2) is 0 Å². The number of nitrogens with one attached hydrogen (secondary N) is 1. The zero-order valence-corrected chi connectivity index (χ0v) is 50.0. The fourth-order valence-corrected chi connectivity index (χ4v) is 11.3. The number of amides is 1. The average molecular weight is 1160 g/mol. The molecule has 0 spiro atoms. The van der Waals surface area contributed by atoms with Gasteiger partial charge in [0.25, 0.3) is 0 Å². The summed E-state index contributed by atoms with van der Waals surface area (Å²) in [5.74, 6) is -0.246. The number of rotatable bonds is 49. The van der Waals surface area contributed by atoms with E-state index in [1.54, 1.807) is 0 Å². The summed E-state index contributed by atoms with van der Waals surface area (Å²) in [5, 5.41) is 120. The molecule has 81 heavy (non-hydrogen) atoms. The molecule has 3 aliphatic rings. The smallest absolute Gasteiger partial charge is 0.220 e. The van der Waals surface area contributed by atoms with Gasteiger partial charge >= 0.3 is 0 Å². The molecule has 0 aromatic carbocycles. The van der Waals surface area contributed by atoms with Crippen LogP contribution in [0.1, 0.15) is 245 Å². The van der Waals surface area contributed by atoms with E-state index in [1.807, 2.05) is 0 Å². The van der Waals surface area contributed by atoms with E-state index in [-0.39, 0.29) is 18.9 Å². The van der Waals surface area contributed by atoms with Crippen LogP contribution >= 0.6 is 0 Å². The van der Waals surface area contributed by atoms with Gasteiger partial charge in [0, 0.05) is 6.42 Å². The fraction of sp³-hybridized carbons (Fsp3) is 0.952. The van der Waals surface area contributed by atoms with E-state index in [0.29, 0.717) is 12.8 Å². The van der Waals surface area contributed by atoms with Crippen LogP contribution in [0.4, 0.5) is 0 Å². The van der Waals surface area contributed by atoms with Gasteiger partial charge < -0.3 is 89.9 Å². The summed E-state index contributed by atoms with van der Waals surface area (Å²) in [6.45, 7) is 1.70. The highest BCUT2D eigenvalue weighted by Crippen LogP contribution is 2.33. The Hall–Kier alpha value is -1.47. The largest absolute Gasteiger partial charge is 0.394 e. The molecule has 3 aliphatic heterocycles. The molecule has 3 fully saturated rings. The Kier molecular flexibility index (Phi) is 41.7. The predicted octanol–water partition coefficient (Wildman–Crippen LogP) is 6.94. The summed E-state index contributed by atoms with van der Waals surface area (Å²) in [6, 6.07) is -0.879. The van der Waals surface area contributed by atoms with E-state index in [4.69, 9.17) is 28.4 Å². The summed E-state index contributed by atoms with van der Waals surface area (Å²) < 4.78 is 34.2. The molecular formula is C62H117NO18. The third-order valence-corrected chi connectivity index (χ3v) is 16.6. The first-order valence-corrected chi connectivity index (χ1v) is 32.4. The van der Waals surface area contributed by atoms with Crippen molar-refractivity contribution in [2.24, 2.45) is 0 Å². The number of hydrogen-bond donors (Lipinski definition) is 12. The highest BCUT2D eigenvalue weighted by molar-refractivity contribution is 5.76. The van der Waals surface area contributed by atoms with Crippen molar-refractivity contribution in [2.45, 2.75) is 349 Å². The number of unbranched alkanes of at least 4 members (excludes halogenated alkanes) is 31. The van der Waals surface area contributed by atoms with E-state index >= 15 is 0 Å². The maximum atomic E-state index is 13.2. The molecule has 0 aliphatic carbocycles. The number of allylic oxidation sites excluding steroid dienone is 2. The maximum Gasteiger partial charge on any atom is 0.220 e. The van der Waals surface area contributed by atoms with E-state index in [9.17, 15) is 61.0 Å². The second-order valence-corrected chi connectivity index (χ2v) is 23.6. The van der Waals surface area contributed by atoms with Gasteiger partial charge in [0.05, 0.1) is 38.6 Å². The van der Waals surface area contributed by atoms with Gasteiger partial charge in [-0.3, -0.25) is 4.79 Å². The van der Waals surface area contributed by atoms with Crippen molar-refractivity contribution in [2.75, 3.05) is 26.4 Å². The van der Waals surface area contributed by atoms with Crippen molar-refractivity contribution in [1.29, 1.82) is 0 Å². The number of aliphatic hydroxyl groups is 11. The molecule has 0 bridgehead atoms. The zero-order valence-electron chi connectivity index (χ0n) is 50.0. The quantitative estimate of drug-likeness (QED) is 0.0217. The molecule has 19 heteroatoms. The van der Waals surface area contributed by atoms with Crippen molar-refractivity contribution in [1.82, 2.24) is 5.32 Å². The summed E-state index contributed by atoms with van der Waals surface area (Å²) in [5.41, 5.74) is 0. The van der Waals surface area contributed by atoms with Gasteiger partial charge in [-0.1, -0.05) is 212 Å². The summed E-state index contributed by atoms with van der Waals surface area (Å²) >= 11 is 0. The van der Waals surface area contributed by atoms with E-state index in [1.165, 1.54) is 161 Å². The molecule has 478 valence electrons. The Bertz CT molecular complexity index is 1530. The van der Waals surface area contributed by atoms with Crippen molar-refractivity contribution in [3.63, 3.8) is 0 Å². The molecule has 19 nitrogen and oxygen atoms in total. The molecule has 0 radical (unpaired) electrons. The van der Waals surface area contributed by atoms with Crippen LogP contribution in [0.15, 0.2) is 12.2 Å². The molecule has 0 aromatic heterocycles. The molecule has 0 aromatic rings. The Morgan fingerprint density at radius 2 is 0.778 bits per heavy atom. The minimum atomic E-state index is -1.97. The van der Waals surface area contributed by atoms with Crippen LogP contribution in [-0.4, -0.2) is 193 Å². The van der Waals surface area contributed by atoms with Gasteiger partial charge in [0.2, 0.25) is 5.91 Å². The number of ether oxygens (including phenoxy) is 6. The van der Waals surface area contributed by atoms with Crippen LogP contribution < -0.4 is 5.32 Å². The highest BCUT2D eigenvalue weighted by Gasteiger charge is 2.53. The minimum absolute atomic E-state index is 0.246. The Balaban J connectivity index is 1.29. The van der Waals surface area contributed by atoms with Crippen LogP contribution in [-0.2, 0) is 33.2 Å². The van der Waals surface area contributed by atoms with Gasteiger partial charge in [0.1, 0.15) is 73.2 Å². The molecule has 3 rings (SSSR count). The third-order valence-electron chi connectivity index (χ3n) is 16.6. The van der Waals surface area contributed by atoms with Gasteiger partial charge in [-0.2, -0.15) is 0 Å². The predicted molar refractivity (Wildman–Crippen MR) is 310 cm³/mol. The lowest BCUT2D eigenvalue weighted by molar-refractivity contribution is -0.379. The second kappa shape index (κ2) is 45.8. The van der Waals surface area contributed by atoms with E-state index < -0.39 is 124 Å². The van der Waals surface area contributed by atoms with Crippen LogP contribution in [0.25, 0.3) is 0 Å². The molecule has 0 saturated carbocycles. The van der Waals surface area contributed by atoms with Gasteiger partial charge in [-0.15, -0.1) is 0 Å². The average Bonchev–Trinajstić information content (AvgIpc) is 3.48. The lowest BCUT2D eigenvalue weighted by Gasteiger charge is -2.48. The third kappa shape index (κ3) is 29.2. The maximum absolute atomic E-state index is 13.2. The van der Waals surface area contributed by atoms with Crippen molar-refractivity contribution >= 4 is 5.91 Å². The number of carbonyl (C=O) groups excluding carboxylic acids is 1. The fourth-order valence-electron chi connectivity index (χ4n) is 11.3. The Morgan fingerprint density at radius 1 is 0.432 bits per heavy atom. The van der Waals surface area contributed by atoms with Crippen molar-refractivity contribution in [3.8, 4) is 0 Å². The first-order chi connectivity index (χ1) is 39.3. The summed E-state index contributed by atoms with van der Waals surface area (Å²) in [4.78, 5) is 13.2. The first kappa shape index (κ1) is 73.8. The van der Waals surface area contributed by atoms with Crippen molar-refractivity contribution in [3.05, 3.63) is 12.2 Å². The lowest BCUT2D eigenvalue weighted by Crippen LogP contribution is -2.66. The van der Waals surface area contributed by atoms with Crippen LogP contribution in [0, 0.1) is 0 Å². The van der Waals surface area contributed by atoms with Crippen LogP contribution in [0.5, 0.6) is 0 Å². The minimum Gasteiger partial charge on any atom is -0.394 e. The molecule has 3 saturated heterocycles. The Labute approximate surface area is 486 Å². The lowest BCUT2D eigenvalue weighted by atomic mass is 9.96. The molecular weight excluding hydrogens is 1050 g/mol. The summed E-state index contributed by atoms with van der Waals surface area (Å²) in [6.07, 6.45) is 21.2. The van der Waals surface area contributed by atoms with E-state index in [0.717, 1.165) is 51.4 Å². The van der Waals surface area contributed by atoms with Crippen LogP contribution in [0.2, 0.25) is 0 Å². The molecule has 17 atom stereocenters. The molecule has 1 amide bonds. The van der Waals surface area contributed by atoms with E-state index in [2.05, 4.69) is 31.3 Å². The van der Waals surface area contributed by atoms with Gasteiger partial charge in [-0.05, 0) is 38.5 Å². The molecule has 17 unspecified atom stereocenters. The second-order valence-electron chi connectivity index (χ2n) is 23.6. The number of aliphatic hydroxyl groups excluding tert-OH is 11. The Morgan fingerprint density at radius 3 is 1.20 bits per heavy atom. The topological polar surface area (TPSA) is 307 Å². The normalized spacial score (nSPS) is 29.8. The van der Waals surface area contributed by atoms with Crippen molar-refractivity contribution < 1.29 is 89.4 Å². The highest BCUT2D eigenvalue weighted by atomic mass is 16.8. The number of carbonyl (C=O) groups is 1. The first-order valence-electron chi connectivity index (χ1n) is 32.4. The zero-order chi connectivity index (χ0) is 59.0. The monoisotopic (exact) mass is 1160 g/mol. The molecule has 12 N–H and O–H groups in total. The molecule has 3 heterocycles. The van der Waals surface area contributed by atoms with Crippen LogP contribution in [0.3, 0.4) is 0 Å². The number of hydrogen-bond acceptors (Lipinski definition) is 18. The van der Waals surface area contributed by atoms with Gasteiger partial charge in [0.15, 0.2) is 18.9 Å².